The number of hydrogen-bond donors (Lipinski definition) is 1. The van der Waals surface area contributed by atoms with E-state index in [0.717, 1.165) is 38.9 Å². The van der Waals surface area contributed by atoms with Crippen LogP contribution in [0.2, 0.25) is 0 Å². The van der Waals surface area contributed by atoms with Crippen molar-refractivity contribution in [3.8, 4) is 11.5 Å². The van der Waals surface area contributed by atoms with E-state index < -0.39 is 0 Å². The molecule has 0 radical (unpaired) electrons. The Morgan fingerprint density at radius 1 is 1.29 bits per heavy atom. The van der Waals surface area contributed by atoms with Gasteiger partial charge in [-0.25, -0.2) is 0 Å². The molecule has 2 heterocycles. The largest absolute Gasteiger partial charge is 0.497 e. The van der Waals surface area contributed by atoms with E-state index in [1.54, 1.807) is 32.4 Å². The van der Waals surface area contributed by atoms with Crippen LogP contribution in [0, 0.1) is 0 Å². The first-order valence-electron chi connectivity index (χ1n) is 10.9. The number of carbonyl (C=O) groups is 1. The molecular formula is C23H34N4O4. The van der Waals surface area contributed by atoms with Crippen molar-refractivity contribution in [3.63, 3.8) is 0 Å². The van der Waals surface area contributed by atoms with E-state index in [9.17, 15) is 4.79 Å². The highest BCUT2D eigenvalue weighted by Gasteiger charge is 2.25. The second-order valence-corrected chi connectivity index (χ2v) is 7.87. The third kappa shape index (κ3) is 6.70. The van der Waals surface area contributed by atoms with Crippen molar-refractivity contribution in [1.82, 2.24) is 20.0 Å². The number of aromatic nitrogens is 2. The van der Waals surface area contributed by atoms with Gasteiger partial charge in [-0.1, -0.05) is 0 Å². The first-order valence-corrected chi connectivity index (χ1v) is 10.9. The molecule has 2 aromatic rings. The Hall–Kier alpha value is -2.58. The van der Waals surface area contributed by atoms with Gasteiger partial charge >= 0.3 is 0 Å². The fraction of sp³-hybridized carbons (Fsp3) is 0.565. The van der Waals surface area contributed by atoms with Gasteiger partial charge in [0, 0.05) is 57.8 Å². The smallest absolute Gasteiger partial charge is 0.255 e. The van der Waals surface area contributed by atoms with Crippen LogP contribution in [-0.2, 0) is 11.3 Å². The molecule has 1 atom stereocenters. The SMILES string of the molecule is COCCNC(=O)c1ccc(OC)cc1OC1CCN([C@@H](C)CCn2cccn2)CC1. The van der Waals surface area contributed by atoms with E-state index in [4.69, 9.17) is 14.2 Å². The summed E-state index contributed by atoms with van der Waals surface area (Å²) in [7, 11) is 3.22. The number of carbonyl (C=O) groups excluding carboxylic acids is 1. The normalized spacial score (nSPS) is 16.1. The van der Waals surface area contributed by atoms with Gasteiger partial charge in [0.2, 0.25) is 0 Å². The molecule has 8 heteroatoms. The number of nitrogens with zero attached hydrogens (tertiary/aromatic N) is 3. The van der Waals surface area contributed by atoms with Crippen LogP contribution >= 0.6 is 0 Å². The average molecular weight is 431 g/mol. The second kappa shape index (κ2) is 11.7. The standard InChI is InChI=1S/C23H34N4O4/c1-18(7-15-27-12-4-10-25-27)26-13-8-19(9-14-26)31-22-17-20(30-3)5-6-21(22)23(28)24-11-16-29-2/h4-6,10,12,17-19H,7-9,11,13-16H2,1-3H3,(H,24,28)/t18-/m0/s1. The predicted molar refractivity (Wildman–Crippen MR) is 119 cm³/mol. The number of benzene rings is 1. The Morgan fingerprint density at radius 2 is 2.10 bits per heavy atom. The molecule has 0 saturated carbocycles. The van der Waals surface area contributed by atoms with Gasteiger partial charge in [0.05, 0.1) is 19.3 Å². The van der Waals surface area contributed by atoms with Crippen LogP contribution < -0.4 is 14.8 Å². The highest BCUT2D eigenvalue weighted by Crippen LogP contribution is 2.28. The number of aryl methyl sites for hydroxylation is 1. The number of nitrogens with one attached hydrogen (secondary N) is 1. The lowest BCUT2D eigenvalue weighted by Crippen LogP contribution is -2.43. The zero-order valence-electron chi connectivity index (χ0n) is 18.8. The van der Waals surface area contributed by atoms with Crippen molar-refractivity contribution in [1.29, 1.82) is 0 Å². The molecule has 1 aromatic heterocycles. The molecule has 3 rings (SSSR count). The number of hydrogen-bond acceptors (Lipinski definition) is 6. The summed E-state index contributed by atoms with van der Waals surface area (Å²) in [5, 5.41) is 7.14. The number of amides is 1. The van der Waals surface area contributed by atoms with Crippen molar-refractivity contribution in [2.45, 2.75) is 44.9 Å². The highest BCUT2D eigenvalue weighted by molar-refractivity contribution is 5.97. The summed E-state index contributed by atoms with van der Waals surface area (Å²) < 4.78 is 18.6. The molecule has 1 amide bonds. The molecule has 0 unspecified atom stereocenters. The Balaban J connectivity index is 1.54. The molecule has 0 bridgehead atoms. The van der Waals surface area contributed by atoms with Crippen LogP contribution in [0.5, 0.6) is 11.5 Å². The molecule has 0 spiro atoms. The summed E-state index contributed by atoms with van der Waals surface area (Å²) in [5.41, 5.74) is 0.520. The van der Waals surface area contributed by atoms with Gasteiger partial charge in [-0.05, 0) is 44.4 Å². The zero-order valence-corrected chi connectivity index (χ0v) is 18.8. The Labute approximate surface area is 184 Å². The average Bonchev–Trinajstić information content (AvgIpc) is 3.31. The van der Waals surface area contributed by atoms with Gasteiger partial charge in [0.1, 0.15) is 17.6 Å². The quantitative estimate of drug-likeness (QED) is 0.552. The zero-order chi connectivity index (χ0) is 22.1. The minimum absolute atomic E-state index is 0.0761. The van der Waals surface area contributed by atoms with Gasteiger partial charge < -0.3 is 24.4 Å². The van der Waals surface area contributed by atoms with Gasteiger partial charge in [-0.2, -0.15) is 5.10 Å². The Morgan fingerprint density at radius 3 is 2.77 bits per heavy atom. The number of piperidine rings is 1. The van der Waals surface area contributed by atoms with Crippen molar-refractivity contribution in [2.75, 3.05) is 40.5 Å². The van der Waals surface area contributed by atoms with Gasteiger partial charge in [-0.15, -0.1) is 0 Å². The third-order valence-electron chi connectivity index (χ3n) is 5.75. The lowest BCUT2D eigenvalue weighted by atomic mass is 10.0. The summed E-state index contributed by atoms with van der Waals surface area (Å²) in [4.78, 5) is 15.1. The van der Waals surface area contributed by atoms with Crippen LogP contribution in [0.1, 0.15) is 36.5 Å². The van der Waals surface area contributed by atoms with Crippen molar-refractivity contribution in [2.24, 2.45) is 0 Å². The molecule has 1 aromatic carbocycles. The Bertz CT molecular complexity index is 804. The highest BCUT2D eigenvalue weighted by atomic mass is 16.5. The van der Waals surface area contributed by atoms with Crippen LogP contribution in [0.3, 0.4) is 0 Å². The maximum atomic E-state index is 12.6. The molecule has 8 nitrogen and oxygen atoms in total. The summed E-state index contributed by atoms with van der Waals surface area (Å²) >= 11 is 0. The molecule has 1 N–H and O–H groups in total. The molecule has 1 fully saturated rings. The summed E-state index contributed by atoms with van der Waals surface area (Å²) in [6, 6.07) is 7.77. The van der Waals surface area contributed by atoms with Gasteiger partial charge in [-0.3, -0.25) is 9.48 Å². The van der Waals surface area contributed by atoms with Crippen LogP contribution in [0.15, 0.2) is 36.7 Å². The van der Waals surface area contributed by atoms with E-state index in [0.29, 0.717) is 36.3 Å². The fourth-order valence-corrected chi connectivity index (χ4v) is 3.82. The number of ether oxygens (including phenoxy) is 3. The van der Waals surface area contributed by atoms with Crippen molar-refractivity contribution >= 4 is 5.91 Å². The summed E-state index contributed by atoms with van der Waals surface area (Å²) in [5.74, 6) is 1.08. The molecule has 1 saturated heterocycles. The molecular weight excluding hydrogens is 396 g/mol. The van der Waals surface area contributed by atoms with Crippen LogP contribution in [0.4, 0.5) is 0 Å². The number of rotatable bonds is 11. The van der Waals surface area contributed by atoms with Crippen molar-refractivity contribution in [3.05, 3.63) is 42.2 Å². The molecule has 31 heavy (non-hydrogen) atoms. The minimum atomic E-state index is -0.167. The lowest BCUT2D eigenvalue weighted by Gasteiger charge is -2.36. The third-order valence-corrected chi connectivity index (χ3v) is 5.75. The number of likely N-dealkylation sites (tertiary alicyclic amines) is 1. The predicted octanol–water partition coefficient (Wildman–Crippen LogP) is 2.59. The van der Waals surface area contributed by atoms with E-state index >= 15 is 0 Å². The molecule has 1 aliphatic rings. The monoisotopic (exact) mass is 430 g/mol. The topological polar surface area (TPSA) is 77.9 Å². The van der Waals surface area contributed by atoms with E-state index in [-0.39, 0.29) is 12.0 Å². The van der Waals surface area contributed by atoms with Crippen LogP contribution in [-0.4, -0.2) is 73.2 Å². The molecule has 170 valence electrons. The second-order valence-electron chi connectivity index (χ2n) is 7.87. The van der Waals surface area contributed by atoms with Gasteiger partial charge in [0.15, 0.2) is 0 Å². The lowest BCUT2D eigenvalue weighted by molar-refractivity contribution is 0.0740. The maximum absolute atomic E-state index is 12.6. The van der Waals surface area contributed by atoms with Crippen molar-refractivity contribution < 1.29 is 19.0 Å². The molecule has 1 aliphatic heterocycles. The fourth-order valence-electron chi connectivity index (χ4n) is 3.82. The molecule has 0 aliphatic carbocycles. The summed E-state index contributed by atoms with van der Waals surface area (Å²) in [6.07, 6.45) is 6.81. The maximum Gasteiger partial charge on any atom is 0.255 e. The van der Waals surface area contributed by atoms with E-state index in [1.165, 1.54) is 0 Å². The minimum Gasteiger partial charge on any atom is -0.497 e. The Kier molecular flexibility index (Phi) is 8.73. The summed E-state index contributed by atoms with van der Waals surface area (Å²) in [6.45, 7) is 6.07. The number of methoxy groups -OCH3 is 2. The van der Waals surface area contributed by atoms with Gasteiger partial charge in [0.25, 0.3) is 5.91 Å². The first-order chi connectivity index (χ1) is 15.1. The van der Waals surface area contributed by atoms with E-state index in [2.05, 4.69) is 22.2 Å². The van der Waals surface area contributed by atoms with Crippen LogP contribution in [0.25, 0.3) is 0 Å². The van der Waals surface area contributed by atoms with E-state index in [1.807, 2.05) is 23.1 Å². The first kappa shape index (κ1) is 23.1.